The van der Waals surface area contributed by atoms with Crippen molar-refractivity contribution in [3.63, 3.8) is 0 Å². The van der Waals surface area contributed by atoms with Crippen LogP contribution in [0.1, 0.15) is 19.8 Å². The molecule has 0 rings (SSSR count). The SMILES string of the molecule is C=CC(N)=O.CCCC(C(=O)O)C(=O)OC.[NaH].[NaH]. The van der Waals surface area contributed by atoms with Gasteiger partial charge >= 0.3 is 71.1 Å². The number of primary amides is 1. The minimum atomic E-state index is -1.11. The number of ether oxygens (including phenoxy) is 1. The molecule has 1 unspecified atom stereocenters. The van der Waals surface area contributed by atoms with Crippen molar-refractivity contribution in [2.75, 3.05) is 7.11 Å². The average molecular weight is 279 g/mol. The van der Waals surface area contributed by atoms with Crippen LogP contribution >= 0.6 is 0 Å². The number of carbonyl (C=O) groups is 3. The van der Waals surface area contributed by atoms with Crippen molar-refractivity contribution < 1.29 is 24.2 Å². The molecule has 8 heteroatoms. The van der Waals surface area contributed by atoms with Crippen molar-refractivity contribution in [1.82, 2.24) is 0 Å². The first-order valence-electron chi connectivity index (χ1n) is 4.63. The first kappa shape index (κ1) is 26.7. The number of amides is 1. The molecule has 0 aliphatic heterocycles. The third-order valence-corrected chi connectivity index (χ3v) is 1.56. The molecule has 1 atom stereocenters. The van der Waals surface area contributed by atoms with Crippen LogP contribution in [0, 0.1) is 5.92 Å². The Balaban J connectivity index is -0.000000122. The summed E-state index contributed by atoms with van der Waals surface area (Å²) in [7, 11) is 1.19. The van der Waals surface area contributed by atoms with Crippen LogP contribution < -0.4 is 5.73 Å². The van der Waals surface area contributed by atoms with Gasteiger partial charge in [-0.15, -0.1) is 0 Å². The number of aliphatic carboxylic acids is 1. The number of carboxylic acids is 1. The van der Waals surface area contributed by atoms with Crippen LogP contribution in [0.25, 0.3) is 0 Å². The van der Waals surface area contributed by atoms with Crippen LogP contribution in [-0.4, -0.2) is 89.2 Å². The van der Waals surface area contributed by atoms with Gasteiger partial charge in [0.05, 0.1) is 7.11 Å². The topological polar surface area (TPSA) is 107 Å². The summed E-state index contributed by atoms with van der Waals surface area (Å²) in [4.78, 5) is 30.6. The second-order valence-electron chi connectivity index (χ2n) is 2.81. The summed E-state index contributed by atoms with van der Waals surface area (Å²) in [5.41, 5.74) is 4.53. The summed E-state index contributed by atoms with van der Waals surface area (Å²) >= 11 is 0. The van der Waals surface area contributed by atoms with Crippen molar-refractivity contribution in [1.29, 1.82) is 0 Å². The van der Waals surface area contributed by atoms with E-state index in [0.29, 0.717) is 12.8 Å². The molecule has 0 aliphatic carbocycles. The average Bonchev–Trinajstić information content (AvgIpc) is 2.25. The molecule has 1 amide bonds. The van der Waals surface area contributed by atoms with Gasteiger partial charge in [-0.3, -0.25) is 14.4 Å². The molecule has 0 saturated carbocycles. The Bertz CT molecular complexity index is 271. The Labute approximate surface area is 151 Å². The number of hydrogen-bond acceptors (Lipinski definition) is 4. The zero-order valence-electron chi connectivity index (χ0n) is 9.43. The quantitative estimate of drug-likeness (QED) is 0.291. The predicted octanol–water partition coefficient (Wildman–Crippen LogP) is -0.979. The molecule has 18 heavy (non-hydrogen) atoms. The second-order valence-corrected chi connectivity index (χ2v) is 2.81. The van der Waals surface area contributed by atoms with Gasteiger partial charge in [-0.2, -0.15) is 0 Å². The summed E-state index contributed by atoms with van der Waals surface area (Å²) in [6.45, 7) is 4.90. The maximum absolute atomic E-state index is 10.7. The fourth-order valence-corrected chi connectivity index (χ4v) is 0.773. The molecule has 0 aromatic rings. The van der Waals surface area contributed by atoms with E-state index in [0.717, 1.165) is 6.08 Å². The van der Waals surface area contributed by atoms with E-state index in [9.17, 15) is 14.4 Å². The predicted molar refractivity (Wildman–Crippen MR) is 71.7 cm³/mol. The van der Waals surface area contributed by atoms with Crippen molar-refractivity contribution in [3.8, 4) is 0 Å². The molecule has 0 radical (unpaired) electrons. The van der Waals surface area contributed by atoms with Crippen molar-refractivity contribution in [2.24, 2.45) is 11.7 Å². The molecule has 3 N–H and O–H groups in total. The number of nitrogens with two attached hydrogens (primary N) is 1. The normalized spacial score (nSPS) is 9.22. The van der Waals surface area contributed by atoms with Crippen LogP contribution in [0.3, 0.4) is 0 Å². The van der Waals surface area contributed by atoms with E-state index >= 15 is 0 Å². The summed E-state index contributed by atoms with van der Waals surface area (Å²) in [6.07, 6.45) is 2.05. The zero-order chi connectivity index (χ0) is 13.1. The Hall–Kier alpha value is 0.150. The number of rotatable bonds is 5. The van der Waals surface area contributed by atoms with Crippen LogP contribution in [0.5, 0.6) is 0 Å². The van der Waals surface area contributed by atoms with E-state index < -0.39 is 23.8 Å². The molecule has 96 valence electrons. The van der Waals surface area contributed by atoms with Crippen LogP contribution in [0.15, 0.2) is 12.7 Å². The molecule has 0 aliphatic rings. The van der Waals surface area contributed by atoms with Gasteiger partial charge in [0.2, 0.25) is 5.91 Å². The summed E-state index contributed by atoms with van der Waals surface area (Å²) in [5, 5.41) is 8.51. The summed E-state index contributed by atoms with van der Waals surface area (Å²) in [6, 6.07) is 0. The van der Waals surface area contributed by atoms with Gasteiger partial charge in [0.15, 0.2) is 5.92 Å². The third-order valence-electron chi connectivity index (χ3n) is 1.56. The van der Waals surface area contributed by atoms with E-state index in [2.05, 4.69) is 17.0 Å². The van der Waals surface area contributed by atoms with Gasteiger partial charge in [-0.05, 0) is 12.5 Å². The molecule has 0 aromatic carbocycles. The molecular weight excluding hydrogens is 260 g/mol. The molecule has 0 bridgehead atoms. The zero-order valence-corrected chi connectivity index (χ0v) is 9.43. The fourth-order valence-electron chi connectivity index (χ4n) is 0.773. The molecule has 0 saturated heterocycles. The monoisotopic (exact) mass is 279 g/mol. The number of carbonyl (C=O) groups excluding carboxylic acids is 2. The second kappa shape index (κ2) is 17.2. The Morgan fingerprint density at radius 2 is 1.78 bits per heavy atom. The van der Waals surface area contributed by atoms with Crippen LogP contribution in [0.2, 0.25) is 0 Å². The van der Waals surface area contributed by atoms with Crippen molar-refractivity contribution >= 4 is 77.0 Å². The van der Waals surface area contributed by atoms with Gasteiger partial charge in [0.25, 0.3) is 0 Å². The molecule has 0 spiro atoms. The Kier molecular flexibility index (Phi) is 25.4. The van der Waals surface area contributed by atoms with E-state index in [1.54, 1.807) is 0 Å². The molecule has 0 aromatic heterocycles. The van der Waals surface area contributed by atoms with Gasteiger partial charge < -0.3 is 15.6 Å². The maximum atomic E-state index is 10.7. The molecular formula is C10H19NNa2O5. The summed E-state index contributed by atoms with van der Waals surface area (Å²) in [5.74, 6) is -3.26. The Morgan fingerprint density at radius 1 is 1.39 bits per heavy atom. The van der Waals surface area contributed by atoms with E-state index in [4.69, 9.17) is 5.11 Å². The first-order chi connectivity index (χ1) is 7.40. The molecule has 6 nitrogen and oxygen atoms in total. The third kappa shape index (κ3) is 16.1. The molecule has 0 fully saturated rings. The van der Waals surface area contributed by atoms with Crippen LogP contribution in [0.4, 0.5) is 0 Å². The van der Waals surface area contributed by atoms with Crippen molar-refractivity contribution in [3.05, 3.63) is 12.7 Å². The van der Waals surface area contributed by atoms with Gasteiger partial charge in [-0.25, -0.2) is 0 Å². The fraction of sp³-hybridized carbons (Fsp3) is 0.500. The van der Waals surface area contributed by atoms with Crippen molar-refractivity contribution in [2.45, 2.75) is 19.8 Å². The van der Waals surface area contributed by atoms with Crippen LogP contribution in [-0.2, 0) is 19.1 Å². The van der Waals surface area contributed by atoms with Gasteiger partial charge in [-0.1, -0.05) is 19.9 Å². The Morgan fingerprint density at radius 3 is 1.94 bits per heavy atom. The van der Waals surface area contributed by atoms with E-state index in [1.165, 1.54) is 7.11 Å². The number of hydrogen-bond donors (Lipinski definition) is 2. The van der Waals surface area contributed by atoms with E-state index in [-0.39, 0.29) is 59.1 Å². The van der Waals surface area contributed by atoms with Gasteiger partial charge in [0, 0.05) is 0 Å². The standard InChI is InChI=1S/C7H12O4.C3H5NO.2Na.2H/c1-3-4-5(6(8)9)7(10)11-2;1-2-3(4)5;;;;/h5H,3-4H2,1-2H3,(H,8,9);2H,1H2,(H2,4,5);;;;. The number of esters is 1. The number of carboxylic acid groups (broad SMARTS) is 1. The number of methoxy groups -OCH3 is 1. The minimum absolute atomic E-state index is 0. The summed E-state index contributed by atoms with van der Waals surface area (Å²) < 4.78 is 4.31. The first-order valence-corrected chi connectivity index (χ1v) is 4.63. The van der Waals surface area contributed by atoms with Gasteiger partial charge in [0.1, 0.15) is 0 Å². The van der Waals surface area contributed by atoms with E-state index in [1.807, 2.05) is 6.92 Å². The molecule has 0 heterocycles.